The molecule has 31 heavy (non-hydrogen) atoms. The summed E-state index contributed by atoms with van der Waals surface area (Å²) in [5.74, 6) is -1.09. The third-order valence-electron chi connectivity index (χ3n) is 5.61. The fourth-order valence-electron chi connectivity index (χ4n) is 4.34. The number of nitrogens with one attached hydrogen (secondary N) is 1. The lowest BCUT2D eigenvalue weighted by Gasteiger charge is -2.37. The van der Waals surface area contributed by atoms with Gasteiger partial charge in [0.2, 0.25) is 0 Å². The highest BCUT2D eigenvalue weighted by atomic mass is 32.2. The Hall–Kier alpha value is -2.58. The van der Waals surface area contributed by atoms with Crippen LogP contribution in [0.4, 0.5) is 11.4 Å². The predicted octanol–water partition coefficient (Wildman–Crippen LogP) is 3.64. The van der Waals surface area contributed by atoms with Crippen molar-refractivity contribution in [1.82, 2.24) is 4.90 Å². The van der Waals surface area contributed by atoms with Gasteiger partial charge in [-0.2, -0.15) is 0 Å². The van der Waals surface area contributed by atoms with Crippen molar-refractivity contribution in [1.29, 1.82) is 0 Å². The average Bonchev–Trinajstić information content (AvgIpc) is 2.67. The third-order valence-corrected chi connectivity index (χ3v) is 7.28. The number of nitrogens with zero attached hydrogens (tertiary/aromatic N) is 2. The lowest BCUT2D eigenvalue weighted by molar-refractivity contribution is 0.0697. The van der Waals surface area contributed by atoms with Crippen molar-refractivity contribution in [3.63, 3.8) is 0 Å². The van der Waals surface area contributed by atoms with Crippen molar-refractivity contribution in [2.75, 3.05) is 42.3 Å². The second-order valence-corrected chi connectivity index (χ2v) is 9.82. The quantitative estimate of drug-likeness (QED) is 0.676. The lowest BCUT2D eigenvalue weighted by Crippen LogP contribution is -2.46. The number of anilines is 2. The van der Waals surface area contributed by atoms with Crippen LogP contribution in [0, 0.1) is 20.8 Å². The van der Waals surface area contributed by atoms with Gasteiger partial charge in [0, 0.05) is 26.2 Å². The van der Waals surface area contributed by atoms with Gasteiger partial charge in [-0.05, 0) is 63.1 Å². The molecule has 2 aromatic rings. The van der Waals surface area contributed by atoms with Gasteiger partial charge in [0.25, 0.3) is 10.0 Å². The van der Waals surface area contributed by atoms with E-state index in [1.165, 1.54) is 12.1 Å². The Morgan fingerprint density at radius 2 is 1.65 bits per heavy atom. The molecular weight excluding hydrogens is 414 g/mol. The Morgan fingerprint density at radius 3 is 2.19 bits per heavy atom. The van der Waals surface area contributed by atoms with Crippen LogP contribution in [0.3, 0.4) is 0 Å². The highest BCUT2D eigenvalue weighted by Gasteiger charge is 2.25. The third kappa shape index (κ3) is 5.19. The standard InChI is InChI=1S/C23H31N3O4S/c1-5-8-25-9-11-26(12-10-25)21-7-6-19(23(27)28)15-20(21)24-31(29,30)22-17(3)13-16(2)14-18(22)4/h6-7,13-15,24H,5,8-12H2,1-4H3,(H,27,28). The molecule has 2 aromatic carbocycles. The molecule has 1 aliphatic rings. The summed E-state index contributed by atoms with van der Waals surface area (Å²) in [6.07, 6.45) is 1.09. The minimum atomic E-state index is -3.89. The minimum Gasteiger partial charge on any atom is -0.478 e. The van der Waals surface area contributed by atoms with E-state index in [0.29, 0.717) is 22.5 Å². The molecule has 8 heteroatoms. The zero-order chi connectivity index (χ0) is 22.8. The smallest absolute Gasteiger partial charge is 0.335 e. The summed E-state index contributed by atoms with van der Waals surface area (Å²) in [7, 11) is -3.89. The second-order valence-electron chi connectivity index (χ2n) is 8.20. The fraction of sp³-hybridized carbons (Fsp3) is 0.435. The van der Waals surface area contributed by atoms with E-state index in [4.69, 9.17) is 0 Å². The maximum atomic E-state index is 13.3. The van der Waals surface area contributed by atoms with Crippen molar-refractivity contribution in [3.05, 3.63) is 52.6 Å². The van der Waals surface area contributed by atoms with Crippen molar-refractivity contribution < 1.29 is 18.3 Å². The molecule has 0 atom stereocenters. The zero-order valence-electron chi connectivity index (χ0n) is 18.6. The van der Waals surface area contributed by atoms with Gasteiger partial charge >= 0.3 is 5.97 Å². The van der Waals surface area contributed by atoms with Gasteiger partial charge in [-0.25, -0.2) is 13.2 Å². The summed E-state index contributed by atoms with van der Waals surface area (Å²) in [5.41, 5.74) is 3.36. The number of hydrogen-bond donors (Lipinski definition) is 2. The molecule has 0 radical (unpaired) electrons. The summed E-state index contributed by atoms with van der Waals surface area (Å²) in [5, 5.41) is 9.44. The Kier molecular flexibility index (Phi) is 6.91. The van der Waals surface area contributed by atoms with Gasteiger partial charge in [0.05, 0.1) is 21.8 Å². The van der Waals surface area contributed by atoms with Gasteiger partial charge in [-0.15, -0.1) is 0 Å². The molecule has 0 aliphatic carbocycles. The molecule has 3 rings (SSSR count). The summed E-state index contributed by atoms with van der Waals surface area (Å²) in [4.78, 5) is 16.3. The number of rotatable bonds is 7. The summed E-state index contributed by atoms with van der Waals surface area (Å²) in [6.45, 7) is 11.9. The summed E-state index contributed by atoms with van der Waals surface area (Å²) >= 11 is 0. The number of carboxylic acids is 1. The van der Waals surface area contributed by atoms with Gasteiger partial charge in [0.1, 0.15) is 0 Å². The first-order valence-electron chi connectivity index (χ1n) is 10.6. The van der Waals surface area contributed by atoms with Crippen molar-refractivity contribution >= 4 is 27.4 Å². The van der Waals surface area contributed by atoms with E-state index in [1.54, 1.807) is 19.9 Å². The van der Waals surface area contributed by atoms with Crippen LogP contribution >= 0.6 is 0 Å². The molecule has 0 saturated carbocycles. The number of hydrogen-bond acceptors (Lipinski definition) is 5. The Morgan fingerprint density at radius 1 is 1.03 bits per heavy atom. The Balaban J connectivity index is 1.98. The van der Waals surface area contributed by atoms with Crippen LogP contribution in [0.2, 0.25) is 0 Å². The van der Waals surface area contributed by atoms with E-state index in [2.05, 4.69) is 21.4 Å². The van der Waals surface area contributed by atoms with Gasteiger partial charge in [-0.1, -0.05) is 24.6 Å². The molecule has 1 saturated heterocycles. The van der Waals surface area contributed by atoms with E-state index in [1.807, 2.05) is 19.1 Å². The molecule has 1 fully saturated rings. The second kappa shape index (κ2) is 9.28. The number of aryl methyl sites for hydroxylation is 3. The topological polar surface area (TPSA) is 89.9 Å². The Bertz CT molecular complexity index is 1050. The number of piperazine rings is 1. The SMILES string of the molecule is CCCN1CCN(c2ccc(C(=O)O)cc2NS(=O)(=O)c2c(C)cc(C)cc2C)CC1. The van der Waals surface area contributed by atoms with Gasteiger partial charge in [0.15, 0.2) is 0 Å². The molecule has 0 spiro atoms. The molecule has 7 nitrogen and oxygen atoms in total. The van der Waals surface area contributed by atoms with Crippen LogP contribution in [-0.2, 0) is 10.0 Å². The van der Waals surface area contributed by atoms with E-state index >= 15 is 0 Å². The van der Waals surface area contributed by atoms with Crippen LogP contribution in [0.1, 0.15) is 40.4 Å². The number of carboxylic acid groups (broad SMARTS) is 1. The van der Waals surface area contributed by atoms with E-state index < -0.39 is 16.0 Å². The number of carbonyl (C=O) groups is 1. The number of aromatic carboxylic acids is 1. The zero-order valence-corrected chi connectivity index (χ0v) is 19.4. The number of sulfonamides is 1. The molecule has 2 N–H and O–H groups in total. The highest BCUT2D eigenvalue weighted by molar-refractivity contribution is 7.92. The first kappa shape index (κ1) is 23.1. The Labute approximate surface area is 184 Å². The lowest BCUT2D eigenvalue weighted by atomic mass is 10.1. The van der Waals surface area contributed by atoms with Crippen LogP contribution in [-0.4, -0.2) is 57.1 Å². The predicted molar refractivity (Wildman–Crippen MR) is 124 cm³/mol. The molecule has 1 heterocycles. The highest BCUT2D eigenvalue weighted by Crippen LogP contribution is 2.32. The molecule has 0 bridgehead atoms. The maximum Gasteiger partial charge on any atom is 0.335 e. The summed E-state index contributed by atoms with van der Waals surface area (Å²) < 4.78 is 29.3. The monoisotopic (exact) mass is 445 g/mol. The first-order valence-corrected chi connectivity index (χ1v) is 12.1. The van der Waals surface area contributed by atoms with Crippen LogP contribution < -0.4 is 9.62 Å². The number of benzene rings is 2. The fourth-order valence-corrected chi connectivity index (χ4v) is 5.86. The average molecular weight is 446 g/mol. The van der Waals surface area contributed by atoms with Crippen molar-refractivity contribution in [3.8, 4) is 0 Å². The largest absolute Gasteiger partial charge is 0.478 e. The van der Waals surface area contributed by atoms with E-state index in [-0.39, 0.29) is 10.5 Å². The van der Waals surface area contributed by atoms with Gasteiger partial charge in [-0.3, -0.25) is 9.62 Å². The molecule has 168 valence electrons. The normalized spacial score (nSPS) is 15.2. The molecular formula is C23H31N3O4S. The van der Waals surface area contributed by atoms with Crippen LogP contribution in [0.5, 0.6) is 0 Å². The molecule has 0 aromatic heterocycles. The van der Waals surface area contributed by atoms with Crippen molar-refractivity contribution in [2.24, 2.45) is 0 Å². The van der Waals surface area contributed by atoms with Crippen LogP contribution in [0.15, 0.2) is 35.2 Å². The minimum absolute atomic E-state index is 0.0448. The van der Waals surface area contributed by atoms with E-state index in [0.717, 1.165) is 44.7 Å². The molecule has 1 aliphatic heterocycles. The van der Waals surface area contributed by atoms with E-state index in [9.17, 15) is 18.3 Å². The summed E-state index contributed by atoms with van der Waals surface area (Å²) in [6, 6.07) is 8.31. The van der Waals surface area contributed by atoms with Crippen molar-refractivity contribution in [2.45, 2.75) is 39.0 Å². The maximum absolute atomic E-state index is 13.3. The van der Waals surface area contributed by atoms with Crippen LogP contribution in [0.25, 0.3) is 0 Å². The molecule has 0 amide bonds. The van der Waals surface area contributed by atoms with Gasteiger partial charge < -0.3 is 10.0 Å². The first-order chi connectivity index (χ1) is 14.6. The molecule has 0 unspecified atom stereocenters.